The zero-order valence-corrected chi connectivity index (χ0v) is 11.4. The van der Waals surface area contributed by atoms with Gasteiger partial charge in [-0.15, -0.1) is 11.6 Å². The summed E-state index contributed by atoms with van der Waals surface area (Å²) in [5.41, 5.74) is 0.690. The molecule has 17 heavy (non-hydrogen) atoms. The maximum Gasteiger partial charge on any atom is 0.168 e. The molecule has 3 heteroatoms. The monoisotopic (exact) mass is 258 g/mol. The van der Waals surface area contributed by atoms with Crippen LogP contribution in [0.1, 0.15) is 25.8 Å². The fourth-order valence-corrected chi connectivity index (χ4v) is 2.29. The average molecular weight is 259 g/mol. The SMILES string of the molecule is COc1cccc(CC(CCl)CC(C)C)c1F. The molecule has 0 saturated carbocycles. The van der Waals surface area contributed by atoms with E-state index in [1.807, 2.05) is 6.07 Å². The molecule has 96 valence electrons. The number of ether oxygens (including phenoxy) is 1. The normalized spacial score (nSPS) is 12.8. The van der Waals surface area contributed by atoms with E-state index >= 15 is 0 Å². The predicted molar refractivity (Wildman–Crippen MR) is 70.3 cm³/mol. The highest BCUT2D eigenvalue weighted by atomic mass is 35.5. The van der Waals surface area contributed by atoms with Crippen LogP contribution in [0.2, 0.25) is 0 Å². The fourth-order valence-electron chi connectivity index (χ4n) is 2.05. The van der Waals surface area contributed by atoms with Gasteiger partial charge in [-0.05, 0) is 36.3 Å². The molecule has 0 heterocycles. The van der Waals surface area contributed by atoms with Crippen LogP contribution in [0.3, 0.4) is 0 Å². The Kier molecular flexibility index (Phi) is 5.76. The number of rotatable bonds is 6. The van der Waals surface area contributed by atoms with Gasteiger partial charge >= 0.3 is 0 Å². The number of hydrogen-bond acceptors (Lipinski definition) is 1. The number of hydrogen-bond donors (Lipinski definition) is 0. The molecule has 0 aliphatic rings. The molecule has 0 bridgehead atoms. The van der Waals surface area contributed by atoms with Crippen molar-refractivity contribution >= 4 is 11.6 Å². The lowest BCUT2D eigenvalue weighted by atomic mass is 9.92. The molecule has 0 radical (unpaired) electrons. The van der Waals surface area contributed by atoms with Gasteiger partial charge < -0.3 is 4.74 Å². The van der Waals surface area contributed by atoms with E-state index in [-0.39, 0.29) is 5.82 Å². The standard InChI is InChI=1S/C14H20ClFO/c1-10(2)7-11(9-15)8-12-5-4-6-13(17-3)14(12)16/h4-6,10-11H,7-9H2,1-3H3. The number of halogens is 2. The Hall–Kier alpha value is -0.760. The molecule has 0 spiro atoms. The van der Waals surface area contributed by atoms with Crippen molar-refractivity contribution in [3.63, 3.8) is 0 Å². The van der Waals surface area contributed by atoms with Gasteiger partial charge in [0, 0.05) is 5.88 Å². The topological polar surface area (TPSA) is 9.23 Å². The number of benzene rings is 1. The lowest BCUT2D eigenvalue weighted by molar-refractivity contribution is 0.379. The van der Waals surface area contributed by atoms with Crippen molar-refractivity contribution in [2.24, 2.45) is 11.8 Å². The molecule has 1 unspecified atom stereocenters. The fraction of sp³-hybridized carbons (Fsp3) is 0.571. The third-order valence-corrected chi connectivity index (χ3v) is 3.23. The summed E-state index contributed by atoms with van der Waals surface area (Å²) in [5.74, 6) is 1.51. The number of alkyl halides is 1. The van der Waals surface area contributed by atoms with E-state index in [9.17, 15) is 4.39 Å². The van der Waals surface area contributed by atoms with Crippen molar-refractivity contribution in [3.8, 4) is 5.75 Å². The van der Waals surface area contributed by atoms with E-state index in [2.05, 4.69) is 13.8 Å². The summed E-state index contributed by atoms with van der Waals surface area (Å²) in [4.78, 5) is 0. The van der Waals surface area contributed by atoms with Gasteiger partial charge in [-0.3, -0.25) is 0 Å². The van der Waals surface area contributed by atoms with E-state index in [0.717, 1.165) is 6.42 Å². The number of methoxy groups -OCH3 is 1. The van der Waals surface area contributed by atoms with E-state index in [1.165, 1.54) is 7.11 Å². The second kappa shape index (κ2) is 6.85. The van der Waals surface area contributed by atoms with Crippen LogP contribution in [-0.4, -0.2) is 13.0 Å². The first kappa shape index (κ1) is 14.3. The van der Waals surface area contributed by atoms with Crippen LogP contribution in [0.4, 0.5) is 4.39 Å². The van der Waals surface area contributed by atoms with Crippen LogP contribution in [0.5, 0.6) is 5.75 Å². The van der Waals surface area contributed by atoms with Crippen LogP contribution < -0.4 is 4.74 Å². The van der Waals surface area contributed by atoms with Crippen molar-refractivity contribution in [2.75, 3.05) is 13.0 Å². The van der Waals surface area contributed by atoms with Gasteiger partial charge in [0.2, 0.25) is 0 Å². The summed E-state index contributed by atoms with van der Waals surface area (Å²) < 4.78 is 18.9. The second-order valence-corrected chi connectivity index (χ2v) is 5.10. The van der Waals surface area contributed by atoms with E-state index in [1.54, 1.807) is 12.1 Å². The van der Waals surface area contributed by atoms with E-state index in [4.69, 9.17) is 16.3 Å². The van der Waals surface area contributed by atoms with Crippen LogP contribution in [0.25, 0.3) is 0 Å². The minimum atomic E-state index is -0.256. The van der Waals surface area contributed by atoms with Crippen molar-refractivity contribution in [2.45, 2.75) is 26.7 Å². The molecular formula is C14H20ClFO. The molecular weight excluding hydrogens is 239 g/mol. The molecule has 0 aliphatic carbocycles. The Balaban J connectivity index is 2.79. The lowest BCUT2D eigenvalue weighted by Crippen LogP contribution is -2.11. The van der Waals surface area contributed by atoms with Crippen molar-refractivity contribution < 1.29 is 9.13 Å². The molecule has 0 saturated heterocycles. The maximum atomic E-state index is 13.9. The van der Waals surface area contributed by atoms with Crippen LogP contribution >= 0.6 is 11.6 Å². The first-order valence-electron chi connectivity index (χ1n) is 5.95. The quantitative estimate of drug-likeness (QED) is 0.692. The van der Waals surface area contributed by atoms with Crippen LogP contribution in [-0.2, 0) is 6.42 Å². The Bertz CT molecular complexity index is 352. The van der Waals surface area contributed by atoms with Gasteiger partial charge in [-0.2, -0.15) is 0 Å². The summed E-state index contributed by atoms with van der Waals surface area (Å²) in [7, 11) is 1.48. The van der Waals surface area contributed by atoms with Gasteiger partial charge in [-0.25, -0.2) is 4.39 Å². The minimum absolute atomic E-state index is 0.256. The summed E-state index contributed by atoms with van der Waals surface area (Å²) in [6.07, 6.45) is 1.69. The Morgan fingerprint density at radius 2 is 2.06 bits per heavy atom. The smallest absolute Gasteiger partial charge is 0.168 e. The van der Waals surface area contributed by atoms with Gasteiger partial charge in [0.1, 0.15) is 0 Å². The Morgan fingerprint density at radius 1 is 1.35 bits per heavy atom. The Morgan fingerprint density at radius 3 is 2.59 bits per heavy atom. The van der Waals surface area contributed by atoms with Gasteiger partial charge in [0.05, 0.1) is 7.11 Å². The second-order valence-electron chi connectivity index (χ2n) is 4.79. The molecule has 0 N–H and O–H groups in total. The zero-order valence-electron chi connectivity index (χ0n) is 10.7. The highest BCUT2D eigenvalue weighted by Crippen LogP contribution is 2.25. The molecule has 1 aromatic rings. The predicted octanol–water partition coefficient (Wildman–Crippen LogP) is 4.28. The van der Waals surface area contributed by atoms with Crippen molar-refractivity contribution in [1.29, 1.82) is 0 Å². The molecule has 0 fully saturated rings. The summed E-state index contributed by atoms with van der Waals surface area (Å²) >= 11 is 5.93. The zero-order chi connectivity index (χ0) is 12.8. The summed E-state index contributed by atoms with van der Waals surface area (Å²) in [6, 6.07) is 5.26. The third kappa shape index (κ3) is 4.19. The van der Waals surface area contributed by atoms with Crippen molar-refractivity contribution in [3.05, 3.63) is 29.6 Å². The maximum absolute atomic E-state index is 13.9. The molecule has 1 aromatic carbocycles. The molecule has 1 rings (SSSR count). The van der Waals surface area contributed by atoms with Crippen molar-refractivity contribution in [1.82, 2.24) is 0 Å². The summed E-state index contributed by atoms with van der Waals surface area (Å²) in [5, 5.41) is 0. The molecule has 1 atom stereocenters. The van der Waals surface area contributed by atoms with E-state index < -0.39 is 0 Å². The average Bonchev–Trinajstić information content (AvgIpc) is 2.30. The highest BCUT2D eigenvalue weighted by Gasteiger charge is 2.15. The third-order valence-electron chi connectivity index (χ3n) is 2.79. The molecule has 0 aromatic heterocycles. The largest absolute Gasteiger partial charge is 0.494 e. The van der Waals surface area contributed by atoms with Crippen LogP contribution in [0.15, 0.2) is 18.2 Å². The molecule has 0 amide bonds. The lowest BCUT2D eigenvalue weighted by Gasteiger charge is -2.17. The molecule has 1 nitrogen and oxygen atoms in total. The Labute approximate surface area is 108 Å². The summed E-state index contributed by atoms with van der Waals surface area (Å²) in [6.45, 7) is 4.31. The van der Waals surface area contributed by atoms with Gasteiger partial charge in [0.25, 0.3) is 0 Å². The molecule has 0 aliphatic heterocycles. The van der Waals surface area contributed by atoms with Gasteiger partial charge in [-0.1, -0.05) is 26.0 Å². The first-order chi connectivity index (χ1) is 8.08. The van der Waals surface area contributed by atoms with Gasteiger partial charge in [0.15, 0.2) is 11.6 Å². The first-order valence-corrected chi connectivity index (χ1v) is 6.49. The minimum Gasteiger partial charge on any atom is -0.494 e. The van der Waals surface area contributed by atoms with Crippen LogP contribution in [0, 0.1) is 17.7 Å². The highest BCUT2D eigenvalue weighted by molar-refractivity contribution is 6.18. The van der Waals surface area contributed by atoms with E-state index in [0.29, 0.717) is 35.4 Å².